The van der Waals surface area contributed by atoms with Gasteiger partial charge in [-0.1, -0.05) is 20.3 Å². The van der Waals surface area contributed by atoms with Gasteiger partial charge in [0.05, 0.1) is 5.69 Å². The van der Waals surface area contributed by atoms with E-state index in [0.29, 0.717) is 0 Å². The number of fused-ring (bicyclic) bond motifs is 1. The molecule has 0 amide bonds. The van der Waals surface area contributed by atoms with Gasteiger partial charge in [0, 0.05) is 11.1 Å². The van der Waals surface area contributed by atoms with E-state index >= 15 is 0 Å². The topological polar surface area (TPSA) is 17.3 Å². The van der Waals surface area contributed by atoms with Gasteiger partial charge in [-0.25, -0.2) is 4.98 Å². The van der Waals surface area contributed by atoms with E-state index in [0.717, 1.165) is 28.8 Å². The van der Waals surface area contributed by atoms with Crippen LogP contribution in [0.4, 0.5) is 0 Å². The van der Waals surface area contributed by atoms with Gasteiger partial charge in [0.2, 0.25) is 0 Å². The van der Waals surface area contributed by atoms with E-state index in [2.05, 4.69) is 44.5 Å². The van der Waals surface area contributed by atoms with Crippen LogP contribution in [0.1, 0.15) is 31.7 Å². The Morgan fingerprint density at radius 2 is 2.29 bits per heavy atom. The minimum absolute atomic E-state index is 1.05. The Hall–Kier alpha value is -0.350. The highest BCUT2D eigenvalue weighted by Gasteiger charge is 2.12. The van der Waals surface area contributed by atoms with Gasteiger partial charge in [-0.15, -0.1) is 11.3 Å². The number of halogens is 1. The zero-order valence-corrected chi connectivity index (χ0v) is 10.8. The van der Waals surface area contributed by atoms with Gasteiger partial charge in [-0.3, -0.25) is 4.40 Å². The smallest absolute Gasteiger partial charge is 0.195 e. The Labute approximate surface area is 96.1 Å². The predicted molar refractivity (Wildman–Crippen MR) is 64.1 cm³/mol. The minimum Gasteiger partial charge on any atom is -0.281 e. The molecule has 0 aliphatic heterocycles. The second-order valence-corrected chi connectivity index (χ2v) is 4.89. The van der Waals surface area contributed by atoms with Crippen LogP contribution in [0.25, 0.3) is 4.96 Å². The van der Waals surface area contributed by atoms with Crippen LogP contribution in [0.2, 0.25) is 0 Å². The Balaban J connectivity index is 2.57. The highest BCUT2D eigenvalue weighted by Crippen LogP contribution is 2.26. The molecule has 0 atom stereocenters. The van der Waals surface area contributed by atoms with Gasteiger partial charge in [0.1, 0.15) is 4.60 Å². The number of hydrogen-bond acceptors (Lipinski definition) is 2. The summed E-state index contributed by atoms with van der Waals surface area (Å²) >= 11 is 5.35. The first kappa shape index (κ1) is 10.2. The van der Waals surface area contributed by atoms with E-state index in [1.165, 1.54) is 11.4 Å². The van der Waals surface area contributed by atoms with E-state index in [4.69, 9.17) is 0 Å². The number of rotatable bonds is 3. The lowest BCUT2D eigenvalue weighted by Crippen LogP contribution is -1.90. The van der Waals surface area contributed by atoms with Crippen LogP contribution < -0.4 is 0 Å². The lowest BCUT2D eigenvalue weighted by atomic mass is 10.3. The molecule has 0 fully saturated rings. The van der Waals surface area contributed by atoms with Gasteiger partial charge in [-0.05, 0) is 28.8 Å². The van der Waals surface area contributed by atoms with Crippen molar-refractivity contribution in [1.82, 2.24) is 9.38 Å². The molecule has 0 radical (unpaired) electrons. The van der Waals surface area contributed by atoms with Gasteiger partial charge in [-0.2, -0.15) is 0 Å². The van der Waals surface area contributed by atoms with Crippen molar-refractivity contribution >= 4 is 32.2 Å². The molecule has 2 aromatic heterocycles. The molecular weight excluding hydrogens is 260 g/mol. The quantitative estimate of drug-likeness (QED) is 0.834. The molecule has 0 spiro atoms. The maximum Gasteiger partial charge on any atom is 0.195 e. The summed E-state index contributed by atoms with van der Waals surface area (Å²) in [6.45, 7) is 4.36. The van der Waals surface area contributed by atoms with Crippen molar-refractivity contribution < 1.29 is 0 Å². The van der Waals surface area contributed by atoms with E-state index in [1.54, 1.807) is 11.3 Å². The van der Waals surface area contributed by atoms with Crippen molar-refractivity contribution in [2.24, 2.45) is 0 Å². The van der Waals surface area contributed by atoms with Crippen LogP contribution >= 0.6 is 27.3 Å². The number of aromatic nitrogens is 2. The molecule has 0 N–H and O–H groups in total. The first-order valence-corrected chi connectivity index (χ1v) is 6.58. The fourth-order valence-electron chi connectivity index (χ4n) is 1.56. The molecule has 0 saturated carbocycles. The van der Waals surface area contributed by atoms with Crippen LogP contribution in [-0.4, -0.2) is 9.38 Å². The third-order valence-electron chi connectivity index (χ3n) is 2.29. The Morgan fingerprint density at radius 3 is 2.93 bits per heavy atom. The summed E-state index contributed by atoms with van der Waals surface area (Å²) in [5.74, 6) is 0. The maximum atomic E-state index is 4.61. The summed E-state index contributed by atoms with van der Waals surface area (Å²) in [6.07, 6.45) is 3.25. The summed E-state index contributed by atoms with van der Waals surface area (Å²) in [7, 11) is 0. The third kappa shape index (κ3) is 1.50. The Bertz CT molecular complexity index is 444. The molecule has 0 aliphatic rings. The van der Waals surface area contributed by atoms with E-state index < -0.39 is 0 Å². The summed E-state index contributed by atoms with van der Waals surface area (Å²) < 4.78 is 3.36. The predicted octanol–water partition coefficient (Wildman–Crippen LogP) is 3.67. The second-order valence-electron chi connectivity index (χ2n) is 3.30. The van der Waals surface area contributed by atoms with E-state index in [1.807, 2.05) is 0 Å². The van der Waals surface area contributed by atoms with Crippen LogP contribution in [0, 0.1) is 0 Å². The molecule has 2 aromatic rings. The first-order chi connectivity index (χ1) is 6.77. The summed E-state index contributed by atoms with van der Waals surface area (Å²) in [5.41, 5.74) is 2.53. The number of imidazole rings is 1. The van der Waals surface area contributed by atoms with Crippen LogP contribution in [0.5, 0.6) is 0 Å². The summed E-state index contributed by atoms with van der Waals surface area (Å²) in [6, 6.07) is 0. The van der Waals surface area contributed by atoms with Crippen LogP contribution in [-0.2, 0) is 12.8 Å². The van der Waals surface area contributed by atoms with Crippen molar-refractivity contribution in [2.75, 3.05) is 0 Å². The number of hydrogen-bond donors (Lipinski definition) is 0. The van der Waals surface area contributed by atoms with Crippen molar-refractivity contribution in [3.8, 4) is 0 Å². The van der Waals surface area contributed by atoms with Crippen molar-refractivity contribution in [1.29, 1.82) is 0 Å². The third-order valence-corrected chi connectivity index (χ3v) is 3.98. The molecule has 4 heteroatoms. The number of thiazole rings is 1. The molecule has 0 bridgehead atoms. The highest BCUT2D eigenvalue weighted by atomic mass is 79.9. The SMILES string of the molecule is CCCc1nc2scc(CC)n2c1Br. The zero-order valence-electron chi connectivity index (χ0n) is 8.38. The zero-order chi connectivity index (χ0) is 10.1. The number of aryl methyl sites for hydroxylation is 2. The van der Waals surface area contributed by atoms with Gasteiger partial charge >= 0.3 is 0 Å². The van der Waals surface area contributed by atoms with Crippen LogP contribution in [0.3, 0.4) is 0 Å². The normalized spacial score (nSPS) is 11.4. The van der Waals surface area contributed by atoms with Crippen LogP contribution in [0.15, 0.2) is 9.98 Å². The van der Waals surface area contributed by atoms with Gasteiger partial charge < -0.3 is 0 Å². The van der Waals surface area contributed by atoms with Crippen molar-refractivity contribution in [3.63, 3.8) is 0 Å². The largest absolute Gasteiger partial charge is 0.281 e. The molecule has 76 valence electrons. The molecular formula is C10H13BrN2S. The maximum absolute atomic E-state index is 4.61. The standard InChI is InChI=1S/C10H13BrN2S/c1-3-5-8-9(11)13-7(4-2)6-14-10(13)12-8/h6H,3-5H2,1-2H3. The van der Waals surface area contributed by atoms with Crippen molar-refractivity contribution in [2.45, 2.75) is 33.1 Å². The molecule has 2 heterocycles. The molecule has 2 nitrogen and oxygen atoms in total. The number of nitrogens with zero attached hydrogens (tertiary/aromatic N) is 2. The fraction of sp³-hybridized carbons (Fsp3) is 0.500. The molecule has 14 heavy (non-hydrogen) atoms. The lowest BCUT2D eigenvalue weighted by molar-refractivity contribution is 0.882. The highest BCUT2D eigenvalue weighted by molar-refractivity contribution is 9.10. The van der Waals surface area contributed by atoms with Gasteiger partial charge in [0.15, 0.2) is 4.96 Å². The average molecular weight is 273 g/mol. The molecule has 0 unspecified atom stereocenters. The van der Waals surface area contributed by atoms with Crippen molar-refractivity contribution in [3.05, 3.63) is 21.4 Å². The molecule has 0 aromatic carbocycles. The molecule has 2 rings (SSSR count). The molecule has 0 saturated heterocycles. The Morgan fingerprint density at radius 1 is 1.50 bits per heavy atom. The fourth-order valence-corrected chi connectivity index (χ4v) is 3.35. The van der Waals surface area contributed by atoms with E-state index in [9.17, 15) is 0 Å². The summed E-state index contributed by atoms with van der Waals surface area (Å²) in [5, 5.41) is 2.18. The average Bonchev–Trinajstić information content (AvgIpc) is 2.70. The minimum atomic E-state index is 1.05. The lowest BCUT2D eigenvalue weighted by Gasteiger charge is -1.96. The molecule has 0 aliphatic carbocycles. The first-order valence-electron chi connectivity index (χ1n) is 4.91. The summed E-state index contributed by atoms with van der Waals surface area (Å²) in [4.78, 5) is 5.71. The van der Waals surface area contributed by atoms with E-state index in [-0.39, 0.29) is 0 Å². The van der Waals surface area contributed by atoms with Gasteiger partial charge in [0.25, 0.3) is 0 Å². The second kappa shape index (κ2) is 4.03. The Kier molecular flexibility index (Phi) is 2.93. The monoisotopic (exact) mass is 272 g/mol.